The Kier molecular flexibility index (Phi) is 11.3. The van der Waals surface area contributed by atoms with Gasteiger partial charge in [0.15, 0.2) is 0 Å². The van der Waals surface area contributed by atoms with Gasteiger partial charge in [-0.15, -0.1) is 11.8 Å². The number of nitro benzene ring substituents is 1. The number of amides is 1. The Balaban J connectivity index is 0.966. The molecule has 278 valence electrons. The minimum Gasteiger partial charge on any atom is -0.373 e. The lowest BCUT2D eigenvalue weighted by Gasteiger charge is -2.36. The summed E-state index contributed by atoms with van der Waals surface area (Å²) in [4.78, 5) is 30.2. The monoisotopic (exact) mass is 761 g/mol. The number of carbonyl (C=O) groups is 1. The summed E-state index contributed by atoms with van der Waals surface area (Å²) < 4.78 is 28.8. The first-order valence-electron chi connectivity index (χ1n) is 18.2. The van der Waals surface area contributed by atoms with E-state index in [4.69, 9.17) is 0 Å². The second kappa shape index (κ2) is 16.5. The molecular weight excluding hydrogens is 719 g/mol. The van der Waals surface area contributed by atoms with E-state index in [0.717, 1.165) is 75.1 Å². The number of thioether (sulfide) groups is 1. The zero-order valence-electron chi connectivity index (χ0n) is 29.9. The van der Waals surface area contributed by atoms with Gasteiger partial charge in [0.25, 0.3) is 21.6 Å². The highest BCUT2D eigenvalue weighted by molar-refractivity contribution is 7.99. The van der Waals surface area contributed by atoms with E-state index in [0.29, 0.717) is 5.75 Å². The topological polar surface area (TPSA) is 125 Å². The van der Waals surface area contributed by atoms with Gasteiger partial charge in [-0.1, -0.05) is 85.6 Å². The van der Waals surface area contributed by atoms with Crippen LogP contribution in [-0.4, -0.2) is 61.6 Å². The number of sulfonamides is 1. The molecule has 1 heterocycles. The molecule has 1 aliphatic heterocycles. The highest BCUT2D eigenvalue weighted by Gasteiger charge is 2.36. The maximum atomic E-state index is 13.4. The number of carbonyl (C=O) groups excluding carboxylic acids is 1. The van der Waals surface area contributed by atoms with Crippen LogP contribution in [0.3, 0.4) is 0 Å². The molecule has 0 unspecified atom stereocenters. The zero-order chi connectivity index (χ0) is 37.5. The molecule has 1 saturated carbocycles. The molecule has 0 atom stereocenters. The third-order valence-corrected chi connectivity index (χ3v) is 12.9. The van der Waals surface area contributed by atoms with E-state index in [9.17, 15) is 23.3 Å². The second-order valence-corrected chi connectivity index (χ2v) is 16.6. The molecule has 0 spiro atoms. The van der Waals surface area contributed by atoms with Crippen LogP contribution in [0.25, 0.3) is 11.1 Å². The molecule has 2 aliphatic rings. The lowest BCUT2D eigenvalue weighted by atomic mass is 9.99. The number of benzene rings is 5. The molecule has 54 heavy (non-hydrogen) atoms. The maximum absolute atomic E-state index is 13.4. The van der Waals surface area contributed by atoms with E-state index in [1.165, 1.54) is 28.8 Å². The first-order chi connectivity index (χ1) is 26.2. The number of piperazine rings is 1. The predicted octanol–water partition coefficient (Wildman–Crippen LogP) is 8.22. The summed E-state index contributed by atoms with van der Waals surface area (Å²) in [5.74, 6) is -0.0973. The van der Waals surface area contributed by atoms with E-state index >= 15 is 0 Å². The number of hydrogen-bond donors (Lipinski definition) is 2. The van der Waals surface area contributed by atoms with Crippen LogP contribution in [0.4, 0.5) is 17.1 Å². The smallest absolute Gasteiger partial charge is 0.293 e. The maximum Gasteiger partial charge on any atom is 0.293 e. The van der Waals surface area contributed by atoms with Crippen molar-refractivity contribution in [3.63, 3.8) is 0 Å². The Hall–Kier alpha value is -5.17. The summed E-state index contributed by atoms with van der Waals surface area (Å²) in [6.45, 7) is 4.22. The Morgan fingerprint density at radius 3 is 2.13 bits per heavy atom. The summed E-state index contributed by atoms with van der Waals surface area (Å²) in [6, 6.07) is 39.5. The van der Waals surface area contributed by atoms with Gasteiger partial charge in [0.2, 0.25) is 0 Å². The van der Waals surface area contributed by atoms with Crippen LogP contribution in [-0.2, 0) is 16.6 Å². The summed E-state index contributed by atoms with van der Waals surface area (Å²) in [5, 5.41) is 15.6. The molecular formula is C42H43N5O5S2. The van der Waals surface area contributed by atoms with Crippen molar-refractivity contribution in [3.05, 3.63) is 149 Å². The molecule has 1 saturated heterocycles. The van der Waals surface area contributed by atoms with E-state index in [1.807, 2.05) is 48.5 Å². The summed E-state index contributed by atoms with van der Waals surface area (Å²) >= 11 is 1.69. The fourth-order valence-corrected chi connectivity index (χ4v) is 9.49. The molecule has 0 bridgehead atoms. The molecule has 5 aromatic carbocycles. The van der Waals surface area contributed by atoms with Crippen LogP contribution in [0.5, 0.6) is 0 Å². The lowest BCUT2D eigenvalue weighted by molar-refractivity contribution is -0.384. The van der Waals surface area contributed by atoms with Crippen LogP contribution in [0.2, 0.25) is 0 Å². The molecule has 2 fully saturated rings. The van der Waals surface area contributed by atoms with Crippen molar-refractivity contribution < 1.29 is 18.1 Å². The first-order valence-corrected chi connectivity index (χ1v) is 20.7. The molecule has 7 rings (SSSR count). The van der Waals surface area contributed by atoms with Gasteiger partial charge in [0.05, 0.1) is 9.82 Å². The average Bonchev–Trinajstić information content (AvgIpc) is 3.66. The van der Waals surface area contributed by atoms with Crippen molar-refractivity contribution >= 4 is 44.8 Å². The van der Waals surface area contributed by atoms with Gasteiger partial charge in [-0.25, -0.2) is 13.1 Å². The fourth-order valence-electron chi connectivity index (χ4n) is 7.34. The highest BCUT2D eigenvalue weighted by Crippen LogP contribution is 2.40. The molecule has 2 N–H and O–H groups in total. The van der Waals surface area contributed by atoms with Crippen LogP contribution < -0.4 is 14.9 Å². The molecule has 0 radical (unpaired) electrons. The highest BCUT2D eigenvalue weighted by atomic mass is 32.2. The number of nitro groups is 1. The van der Waals surface area contributed by atoms with Crippen molar-refractivity contribution in [1.82, 2.24) is 9.62 Å². The third kappa shape index (κ3) is 8.78. The normalized spacial score (nSPS) is 15.8. The fraction of sp³-hybridized carbons (Fsp3) is 0.262. The zero-order valence-corrected chi connectivity index (χ0v) is 31.5. The molecule has 5 aromatic rings. The second-order valence-electron chi connectivity index (χ2n) is 13.9. The third-order valence-electron chi connectivity index (χ3n) is 10.3. The van der Waals surface area contributed by atoms with Crippen molar-refractivity contribution in [2.45, 2.75) is 47.6 Å². The number of nitrogens with zero attached hydrogens (tertiary/aromatic N) is 3. The van der Waals surface area contributed by atoms with Crippen LogP contribution in [0, 0.1) is 10.1 Å². The largest absolute Gasteiger partial charge is 0.373 e. The SMILES string of the molecule is O=C(NS(=O)(=O)c1ccc(NC2(CSc3ccccc3)CCCC2)c([N+](=O)[O-])c1)c1ccc(N2CCN(Cc3ccccc3-c3ccccc3)CC2)cc1. The summed E-state index contributed by atoms with van der Waals surface area (Å²) in [5.41, 5.74) is 4.39. The van der Waals surface area contributed by atoms with Crippen molar-refractivity contribution in [2.24, 2.45) is 0 Å². The summed E-state index contributed by atoms with van der Waals surface area (Å²) in [6.07, 6.45) is 3.69. The predicted molar refractivity (Wildman–Crippen MR) is 216 cm³/mol. The van der Waals surface area contributed by atoms with Crippen molar-refractivity contribution in [2.75, 3.05) is 42.1 Å². The van der Waals surface area contributed by atoms with Gasteiger partial charge in [-0.3, -0.25) is 19.8 Å². The van der Waals surface area contributed by atoms with E-state index in [1.54, 1.807) is 23.9 Å². The van der Waals surface area contributed by atoms with Gasteiger partial charge in [0.1, 0.15) is 5.69 Å². The van der Waals surface area contributed by atoms with Gasteiger partial charge >= 0.3 is 0 Å². The Labute approximate surface area is 320 Å². The van der Waals surface area contributed by atoms with E-state index < -0.39 is 20.9 Å². The Morgan fingerprint density at radius 2 is 1.44 bits per heavy atom. The van der Waals surface area contributed by atoms with Gasteiger partial charge in [-0.05, 0) is 78.1 Å². The van der Waals surface area contributed by atoms with Crippen molar-refractivity contribution in [1.29, 1.82) is 0 Å². The van der Waals surface area contributed by atoms with Crippen LogP contribution in [0.15, 0.2) is 137 Å². The van der Waals surface area contributed by atoms with Gasteiger partial charge in [0, 0.05) is 66.2 Å². The lowest BCUT2D eigenvalue weighted by Crippen LogP contribution is -2.46. The van der Waals surface area contributed by atoms with Gasteiger partial charge < -0.3 is 10.2 Å². The molecule has 1 aliphatic carbocycles. The minimum atomic E-state index is -4.40. The summed E-state index contributed by atoms with van der Waals surface area (Å²) in [7, 11) is -4.40. The molecule has 10 nitrogen and oxygen atoms in total. The molecule has 0 aromatic heterocycles. The Bertz CT molecular complexity index is 2190. The number of hydrogen-bond acceptors (Lipinski definition) is 9. The van der Waals surface area contributed by atoms with Gasteiger partial charge in [-0.2, -0.15) is 0 Å². The number of rotatable bonds is 13. The number of anilines is 2. The number of nitrogens with one attached hydrogen (secondary N) is 2. The quantitative estimate of drug-likeness (QED) is 0.0694. The molecule has 12 heteroatoms. The van der Waals surface area contributed by atoms with Crippen LogP contribution in [0.1, 0.15) is 41.6 Å². The van der Waals surface area contributed by atoms with E-state index in [-0.39, 0.29) is 27.4 Å². The first kappa shape index (κ1) is 37.2. The standard InChI is InChI=1S/C42H43N5O5S2/c48-41(33-17-19-35(20-18-33)46-27-25-45(26-28-46)30-34-13-7-8-16-38(34)32-11-3-1-4-12-32)44-54(51,52)37-21-22-39(40(29-37)47(49)50)43-42(23-9-10-24-42)31-53-36-14-5-2-6-15-36/h1-8,11-22,29,43H,9-10,23-28,30-31H2,(H,44,48). The van der Waals surface area contributed by atoms with E-state index in [2.05, 4.69) is 68.4 Å². The Morgan fingerprint density at radius 1 is 0.796 bits per heavy atom. The minimum absolute atomic E-state index is 0.172. The molecule has 1 amide bonds. The van der Waals surface area contributed by atoms with Crippen molar-refractivity contribution in [3.8, 4) is 11.1 Å². The average molecular weight is 762 g/mol. The van der Waals surface area contributed by atoms with Crippen LogP contribution >= 0.6 is 11.8 Å².